The van der Waals surface area contributed by atoms with Crippen molar-refractivity contribution in [1.82, 2.24) is 4.90 Å². The van der Waals surface area contributed by atoms with Gasteiger partial charge in [-0.3, -0.25) is 9.59 Å². The Labute approximate surface area is 186 Å². The third-order valence-corrected chi connectivity index (χ3v) is 5.21. The minimum atomic E-state index is -0.754. The van der Waals surface area contributed by atoms with Gasteiger partial charge in [0.1, 0.15) is 11.5 Å². The molecule has 1 aliphatic heterocycles. The summed E-state index contributed by atoms with van der Waals surface area (Å²) in [7, 11) is 0. The van der Waals surface area contributed by atoms with Gasteiger partial charge in [0.15, 0.2) is 11.5 Å². The number of benzene rings is 2. The van der Waals surface area contributed by atoms with E-state index in [0.29, 0.717) is 23.7 Å². The Kier molecular flexibility index (Phi) is 6.22. The van der Waals surface area contributed by atoms with Gasteiger partial charge >= 0.3 is 0 Å². The van der Waals surface area contributed by atoms with Crippen molar-refractivity contribution in [3.8, 4) is 5.75 Å². The van der Waals surface area contributed by atoms with Crippen LogP contribution in [0.4, 0.5) is 0 Å². The smallest absolute Gasteiger partial charge is 0.290 e. The molecule has 1 amide bonds. The van der Waals surface area contributed by atoms with Gasteiger partial charge in [-0.2, -0.15) is 0 Å². The lowest BCUT2D eigenvalue weighted by molar-refractivity contribution is -0.130. The van der Waals surface area contributed by atoms with Crippen molar-refractivity contribution in [1.29, 1.82) is 0 Å². The van der Waals surface area contributed by atoms with Crippen molar-refractivity contribution in [2.45, 2.75) is 19.5 Å². The third-order valence-electron chi connectivity index (χ3n) is 5.21. The zero-order valence-electron chi connectivity index (χ0n) is 17.6. The molecule has 0 saturated heterocycles. The van der Waals surface area contributed by atoms with Crippen molar-refractivity contribution >= 4 is 17.8 Å². The largest absolute Gasteiger partial charge is 0.503 e. The molecule has 1 unspecified atom stereocenters. The summed E-state index contributed by atoms with van der Waals surface area (Å²) in [4.78, 5) is 27.5. The summed E-state index contributed by atoms with van der Waals surface area (Å²) >= 11 is 0. The standard InChI is InChI=1S/C26H23NO5/c1-2-31-20-13-11-19(12-14-20)24-23(22(28)15-10-18-7-4-3-5-8-18)25(29)26(30)27(24)17-21-9-6-16-32-21/h3-16,24,29H,2,17H2,1H3. The van der Waals surface area contributed by atoms with Gasteiger partial charge in [0.25, 0.3) is 5.91 Å². The third kappa shape index (κ3) is 4.34. The van der Waals surface area contributed by atoms with E-state index in [1.165, 1.54) is 17.2 Å². The number of aliphatic hydroxyl groups is 1. The van der Waals surface area contributed by atoms with Crippen LogP contribution in [-0.4, -0.2) is 28.3 Å². The molecule has 1 aromatic heterocycles. The summed E-state index contributed by atoms with van der Waals surface area (Å²) in [5.41, 5.74) is 1.57. The number of carbonyl (C=O) groups excluding carboxylic acids is 2. The van der Waals surface area contributed by atoms with Crippen molar-refractivity contribution in [3.05, 3.63) is 107 Å². The van der Waals surface area contributed by atoms with Gasteiger partial charge < -0.3 is 19.2 Å². The van der Waals surface area contributed by atoms with Gasteiger partial charge in [0.2, 0.25) is 0 Å². The van der Waals surface area contributed by atoms with Gasteiger partial charge in [-0.05, 0) is 48.4 Å². The van der Waals surface area contributed by atoms with E-state index in [9.17, 15) is 14.7 Å². The maximum Gasteiger partial charge on any atom is 0.290 e. The highest BCUT2D eigenvalue weighted by Crippen LogP contribution is 2.39. The molecule has 1 atom stereocenters. The second-order valence-electron chi connectivity index (χ2n) is 7.29. The molecule has 32 heavy (non-hydrogen) atoms. The van der Waals surface area contributed by atoms with E-state index >= 15 is 0 Å². The van der Waals surface area contributed by atoms with Gasteiger partial charge in [0.05, 0.1) is 31.0 Å². The van der Waals surface area contributed by atoms with Crippen LogP contribution in [0.2, 0.25) is 0 Å². The summed E-state index contributed by atoms with van der Waals surface area (Å²) in [6, 6.07) is 19.2. The first-order valence-corrected chi connectivity index (χ1v) is 10.3. The van der Waals surface area contributed by atoms with Crippen LogP contribution in [-0.2, 0) is 16.1 Å². The van der Waals surface area contributed by atoms with Crippen molar-refractivity contribution in [2.75, 3.05) is 6.61 Å². The molecule has 2 heterocycles. The second kappa shape index (κ2) is 9.39. The van der Waals surface area contributed by atoms with Crippen molar-refractivity contribution in [3.63, 3.8) is 0 Å². The number of hydrogen-bond donors (Lipinski definition) is 1. The summed E-state index contributed by atoms with van der Waals surface area (Å²) in [6.45, 7) is 2.54. The monoisotopic (exact) mass is 429 g/mol. The fourth-order valence-corrected chi connectivity index (χ4v) is 3.72. The van der Waals surface area contributed by atoms with E-state index in [4.69, 9.17) is 9.15 Å². The van der Waals surface area contributed by atoms with Crippen LogP contribution in [0.25, 0.3) is 6.08 Å². The molecule has 1 N–H and O–H groups in total. The highest BCUT2D eigenvalue weighted by Gasteiger charge is 2.43. The zero-order valence-corrected chi connectivity index (χ0v) is 17.6. The number of hydrogen-bond acceptors (Lipinski definition) is 5. The van der Waals surface area contributed by atoms with Crippen LogP contribution in [0.5, 0.6) is 5.75 Å². The topological polar surface area (TPSA) is 80.0 Å². The zero-order chi connectivity index (χ0) is 22.5. The number of furan rings is 1. The summed E-state index contributed by atoms with van der Waals surface area (Å²) in [6.07, 6.45) is 4.56. The number of allylic oxidation sites excluding steroid dienone is 1. The Morgan fingerprint density at radius 1 is 1.09 bits per heavy atom. The molecule has 162 valence electrons. The lowest BCUT2D eigenvalue weighted by Crippen LogP contribution is -2.30. The normalized spacial score (nSPS) is 16.2. The Morgan fingerprint density at radius 3 is 2.50 bits per heavy atom. The first-order chi connectivity index (χ1) is 15.6. The van der Waals surface area contributed by atoms with E-state index in [1.807, 2.05) is 37.3 Å². The Bertz CT molecular complexity index is 1140. The lowest BCUT2D eigenvalue weighted by atomic mass is 9.95. The summed E-state index contributed by atoms with van der Waals surface area (Å²) < 4.78 is 10.9. The fourth-order valence-electron chi connectivity index (χ4n) is 3.72. The molecule has 0 saturated carbocycles. The highest BCUT2D eigenvalue weighted by molar-refractivity contribution is 6.14. The van der Waals surface area contributed by atoms with Gasteiger partial charge in [0, 0.05) is 0 Å². The fraction of sp³-hybridized carbons (Fsp3) is 0.154. The first kappa shape index (κ1) is 21.2. The molecule has 2 aromatic carbocycles. The number of amides is 1. The molecule has 1 aliphatic rings. The molecule has 6 nitrogen and oxygen atoms in total. The van der Waals surface area contributed by atoms with Crippen LogP contribution in [0.1, 0.15) is 29.9 Å². The minimum absolute atomic E-state index is 0.0397. The van der Waals surface area contributed by atoms with Gasteiger partial charge in [-0.25, -0.2) is 0 Å². The van der Waals surface area contributed by atoms with E-state index in [2.05, 4.69) is 0 Å². The van der Waals surface area contributed by atoms with Crippen LogP contribution in [0.3, 0.4) is 0 Å². The average molecular weight is 429 g/mol. The number of carbonyl (C=O) groups is 2. The predicted molar refractivity (Wildman–Crippen MR) is 120 cm³/mol. The molecule has 0 fully saturated rings. The predicted octanol–water partition coefficient (Wildman–Crippen LogP) is 4.86. The quantitative estimate of drug-likeness (QED) is 0.518. The first-order valence-electron chi connectivity index (χ1n) is 10.3. The molecule has 6 heteroatoms. The van der Waals surface area contributed by atoms with E-state index in [-0.39, 0.29) is 12.1 Å². The number of ketones is 1. The average Bonchev–Trinajstić information content (AvgIpc) is 3.41. The second-order valence-corrected chi connectivity index (χ2v) is 7.29. The minimum Gasteiger partial charge on any atom is -0.503 e. The lowest BCUT2D eigenvalue weighted by Gasteiger charge is -2.26. The molecular weight excluding hydrogens is 406 g/mol. The van der Waals surface area contributed by atoms with E-state index in [0.717, 1.165) is 5.56 Å². The molecule has 0 aliphatic carbocycles. The number of aliphatic hydroxyl groups excluding tert-OH is 1. The summed E-state index contributed by atoms with van der Waals surface area (Å²) in [5.74, 6) is -0.353. The van der Waals surface area contributed by atoms with Crippen LogP contribution >= 0.6 is 0 Å². The van der Waals surface area contributed by atoms with Crippen LogP contribution < -0.4 is 4.74 Å². The molecule has 3 aromatic rings. The van der Waals surface area contributed by atoms with Gasteiger partial charge in [-0.15, -0.1) is 0 Å². The molecular formula is C26H23NO5. The Morgan fingerprint density at radius 2 is 1.84 bits per heavy atom. The Hall–Kier alpha value is -4.06. The van der Waals surface area contributed by atoms with Crippen LogP contribution in [0, 0.1) is 0 Å². The van der Waals surface area contributed by atoms with Crippen molar-refractivity contribution < 1.29 is 23.8 Å². The maximum absolute atomic E-state index is 13.1. The maximum atomic E-state index is 13.1. The number of rotatable bonds is 8. The van der Waals surface area contributed by atoms with E-state index in [1.54, 1.807) is 42.5 Å². The van der Waals surface area contributed by atoms with Crippen LogP contribution in [0.15, 0.2) is 94.8 Å². The SMILES string of the molecule is CCOc1ccc(C2C(C(=O)C=Cc3ccccc3)=C(O)C(=O)N2Cc2ccco2)cc1. The molecule has 0 spiro atoms. The molecule has 0 bridgehead atoms. The van der Waals surface area contributed by atoms with Crippen molar-refractivity contribution in [2.24, 2.45) is 0 Å². The number of nitrogens with zero attached hydrogens (tertiary/aromatic N) is 1. The highest BCUT2D eigenvalue weighted by atomic mass is 16.5. The molecule has 4 rings (SSSR count). The Balaban J connectivity index is 1.70. The molecule has 0 radical (unpaired) electrons. The number of ether oxygens (including phenoxy) is 1. The van der Waals surface area contributed by atoms with E-state index < -0.39 is 23.5 Å². The van der Waals surface area contributed by atoms with Gasteiger partial charge in [-0.1, -0.05) is 48.5 Å². The summed E-state index contributed by atoms with van der Waals surface area (Å²) in [5, 5.41) is 10.7.